The highest BCUT2D eigenvalue weighted by Gasteiger charge is 2.12. The average molecular weight is 207 g/mol. The fourth-order valence-electron chi connectivity index (χ4n) is 1.43. The van der Waals surface area contributed by atoms with Crippen molar-refractivity contribution in [2.45, 2.75) is 12.6 Å². The third kappa shape index (κ3) is 3.21. The Bertz CT molecular complexity index is 425. The van der Waals surface area contributed by atoms with Crippen molar-refractivity contribution in [3.05, 3.63) is 35.9 Å². The Morgan fingerprint density at radius 1 is 1.06 bits per heavy atom. The van der Waals surface area contributed by atoms with Crippen molar-refractivity contribution >= 4 is 0 Å². The van der Waals surface area contributed by atoms with Gasteiger partial charge in [-0.2, -0.15) is 0 Å². The maximum atomic E-state index is 5.37. The van der Waals surface area contributed by atoms with E-state index in [1.165, 1.54) is 0 Å². The van der Waals surface area contributed by atoms with Crippen LogP contribution in [0, 0.1) is 37.0 Å². The van der Waals surface area contributed by atoms with Crippen LogP contribution in [-0.4, -0.2) is 17.5 Å². The number of hydrogen-bond acceptors (Lipinski definition) is 1. The van der Waals surface area contributed by atoms with Crippen LogP contribution in [0.4, 0.5) is 0 Å². The summed E-state index contributed by atoms with van der Waals surface area (Å²) in [5.41, 5.74) is 1.15. The lowest BCUT2D eigenvalue weighted by atomic mass is 10.2. The summed E-state index contributed by atoms with van der Waals surface area (Å²) in [5, 5.41) is 0. The first-order valence-corrected chi connectivity index (χ1v) is 4.95. The molecule has 1 rings (SSSR count). The molecule has 0 aliphatic carbocycles. The maximum absolute atomic E-state index is 5.37. The number of rotatable bonds is 4. The molecule has 0 saturated carbocycles. The molecule has 0 fully saturated rings. The normalized spacial score (nSPS) is 9.44. The van der Waals surface area contributed by atoms with Crippen molar-refractivity contribution in [1.82, 2.24) is 4.90 Å². The van der Waals surface area contributed by atoms with Crippen LogP contribution in [0.1, 0.15) is 5.56 Å². The molecule has 0 aromatic heterocycles. The van der Waals surface area contributed by atoms with Crippen molar-refractivity contribution in [2.75, 3.05) is 6.54 Å². The van der Waals surface area contributed by atoms with Crippen LogP contribution in [0.3, 0.4) is 0 Å². The van der Waals surface area contributed by atoms with Gasteiger partial charge in [0.2, 0.25) is 0 Å². The number of hydrogen-bond donors (Lipinski definition) is 0. The second kappa shape index (κ2) is 6.36. The van der Waals surface area contributed by atoms with Gasteiger partial charge in [0.05, 0.1) is 6.54 Å². The van der Waals surface area contributed by atoms with Gasteiger partial charge in [0, 0.05) is 6.54 Å². The minimum absolute atomic E-state index is 0.351. The third-order valence-corrected chi connectivity index (χ3v) is 2.20. The highest BCUT2D eigenvalue weighted by molar-refractivity contribution is 5.21. The average Bonchev–Trinajstić information content (AvgIpc) is 2.32. The lowest BCUT2D eigenvalue weighted by Gasteiger charge is -2.22. The molecule has 16 heavy (non-hydrogen) atoms. The van der Waals surface area contributed by atoms with Gasteiger partial charge in [0.1, 0.15) is 6.04 Å². The van der Waals surface area contributed by atoms with Gasteiger partial charge in [-0.1, -0.05) is 48.1 Å². The predicted molar refractivity (Wildman–Crippen MR) is 67.1 cm³/mol. The van der Waals surface area contributed by atoms with Gasteiger partial charge in [-0.25, -0.2) is 0 Å². The molecule has 0 aliphatic heterocycles. The Hall–Kier alpha value is -2.14. The van der Waals surface area contributed by atoms with Crippen molar-refractivity contribution in [1.29, 1.82) is 0 Å². The molecule has 1 heteroatoms. The zero-order valence-corrected chi connectivity index (χ0v) is 9.06. The monoisotopic (exact) mass is 207 g/mol. The highest BCUT2D eigenvalue weighted by atomic mass is 15.1. The summed E-state index contributed by atoms with van der Waals surface area (Å²) >= 11 is 0. The van der Waals surface area contributed by atoms with Crippen LogP contribution >= 0.6 is 0 Å². The van der Waals surface area contributed by atoms with Crippen LogP contribution in [-0.2, 0) is 6.54 Å². The molecule has 1 nitrogen and oxygen atoms in total. The van der Waals surface area contributed by atoms with Gasteiger partial charge < -0.3 is 0 Å². The Kier molecular flexibility index (Phi) is 4.75. The van der Waals surface area contributed by atoms with Gasteiger partial charge in [-0.3, -0.25) is 4.90 Å². The molecule has 1 aromatic carbocycles. The minimum Gasteiger partial charge on any atom is -0.264 e. The summed E-state index contributed by atoms with van der Waals surface area (Å²) in [5.74, 6) is 7.67. The molecular weight excluding hydrogens is 194 g/mol. The van der Waals surface area contributed by atoms with E-state index in [9.17, 15) is 0 Å². The fraction of sp³-hybridized carbons (Fsp3) is 0.200. The second-order valence-electron chi connectivity index (χ2n) is 3.33. The van der Waals surface area contributed by atoms with E-state index in [4.69, 9.17) is 19.3 Å². The molecule has 0 bridgehead atoms. The third-order valence-electron chi connectivity index (χ3n) is 2.20. The largest absolute Gasteiger partial charge is 0.264 e. The lowest BCUT2D eigenvalue weighted by molar-refractivity contribution is 0.296. The van der Waals surface area contributed by atoms with Gasteiger partial charge in [0.15, 0.2) is 0 Å². The predicted octanol–water partition coefficient (Wildman–Crippen LogP) is 1.76. The highest BCUT2D eigenvalue weighted by Crippen LogP contribution is 2.07. The first-order chi connectivity index (χ1) is 7.81. The molecule has 78 valence electrons. The van der Waals surface area contributed by atoms with Crippen LogP contribution in [0.5, 0.6) is 0 Å². The summed E-state index contributed by atoms with van der Waals surface area (Å²) in [4.78, 5) is 1.91. The van der Waals surface area contributed by atoms with Gasteiger partial charge in [-0.15, -0.1) is 19.3 Å². The smallest absolute Gasteiger partial charge is 0.134 e. The van der Waals surface area contributed by atoms with Gasteiger partial charge in [-0.05, 0) is 5.56 Å². The molecule has 0 radical (unpaired) electrons. The summed E-state index contributed by atoms with van der Waals surface area (Å²) in [6.07, 6.45) is 16.0. The lowest BCUT2D eigenvalue weighted by Crippen LogP contribution is -2.33. The van der Waals surface area contributed by atoms with E-state index in [0.717, 1.165) is 5.56 Å². The van der Waals surface area contributed by atoms with Crippen molar-refractivity contribution in [3.8, 4) is 37.0 Å². The standard InChI is InChI=1S/C15H13N/c1-4-12-16(15(5-2)6-3)13-14-10-8-7-9-11-14/h1-3,7-11,15H,12-13H2. The topological polar surface area (TPSA) is 3.24 Å². The number of terminal acetylenes is 3. The molecule has 1 aromatic rings. The molecule has 0 spiro atoms. The van der Waals surface area contributed by atoms with Crippen LogP contribution < -0.4 is 0 Å². The van der Waals surface area contributed by atoms with E-state index in [1.54, 1.807) is 0 Å². The quantitative estimate of drug-likeness (QED) is 0.680. The zero-order chi connectivity index (χ0) is 11.8. The summed E-state index contributed by atoms with van der Waals surface area (Å²) in [6, 6.07) is 9.61. The zero-order valence-electron chi connectivity index (χ0n) is 9.06. The van der Waals surface area contributed by atoms with Crippen molar-refractivity contribution < 1.29 is 0 Å². The molecule has 0 N–H and O–H groups in total. The minimum atomic E-state index is -0.351. The van der Waals surface area contributed by atoms with E-state index >= 15 is 0 Å². The molecule has 0 atom stereocenters. The first-order valence-electron chi connectivity index (χ1n) is 4.95. The first kappa shape index (κ1) is 11.9. The van der Waals surface area contributed by atoms with Crippen LogP contribution in [0.25, 0.3) is 0 Å². The van der Waals surface area contributed by atoms with Crippen LogP contribution in [0.2, 0.25) is 0 Å². The molecule has 0 aliphatic rings. The van der Waals surface area contributed by atoms with Gasteiger partial charge in [0.25, 0.3) is 0 Å². The number of nitrogens with zero attached hydrogens (tertiary/aromatic N) is 1. The van der Waals surface area contributed by atoms with Crippen molar-refractivity contribution in [2.24, 2.45) is 0 Å². The van der Waals surface area contributed by atoms with Crippen LogP contribution in [0.15, 0.2) is 30.3 Å². The van der Waals surface area contributed by atoms with E-state index in [-0.39, 0.29) is 6.04 Å². The maximum Gasteiger partial charge on any atom is 0.134 e. The Balaban J connectivity index is 2.78. The Morgan fingerprint density at radius 2 is 1.69 bits per heavy atom. The van der Waals surface area contributed by atoms with E-state index in [1.807, 2.05) is 35.2 Å². The second-order valence-corrected chi connectivity index (χ2v) is 3.33. The summed E-state index contributed by atoms with van der Waals surface area (Å²) < 4.78 is 0. The van der Waals surface area contributed by atoms with E-state index in [2.05, 4.69) is 17.8 Å². The summed E-state index contributed by atoms with van der Waals surface area (Å²) in [7, 11) is 0. The van der Waals surface area contributed by atoms with E-state index < -0.39 is 0 Å². The Morgan fingerprint density at radius 3 is 2.19 bits per heavy atom. The summed E-state index contributed by atoms with van der Waals surface area (Å²) in [6.45, 7) is 1.12. The molecule has 0 saturated heterocycles. The number of benzene rings is 1. The fourth-order valence-corrected chi connectivity index (χ4v) is 1.43. The SMILES string of the molecule is C#CCN(Cc1ccccc1)C(C#C)C#C. The Labute approximate surface area is 97.5 Å². The molecule has 0 amide bonds. The van der Waals surface area contributed by atoms with Crippen molar-refractivity contribution in [3.63, 3.8) is 0 Å². The molecular formula is C15H13N. The molecule has 0 heterocycles. The van der Waals surface area contributed by atoms with Gasteiger partial charge >= 0.3 is 0 Å². The van der Waals surface area contributed by atoms with E-state index in [0.29, 0.717) is 13.1 Å². The molecule has 0 unspecified atom stereocenters.